The molecule has 35 heavy (non-hydrogen) atoms. The Hall–Kier alpha value is -4.50. The highest BCUT2D eigenvalue weighted by Crippen LogP contribution is 2.26. The van der Waals surface area contributed by atoms with Gasteiger partial charge in [0, 0.05) is 5.69 Å². The van der Waals surface area contributed by atoms with E-state index in [0.717, 1.165) is 11.1 Å². The Morgan fingerprint density at radius 2 is 1.54 bits per heavy atom. The molecule has 0 saturated carbocycles. The van der Waals surface area contributed by atoms with Gasteiger partial charge in [0.05, 0.1) is 34.3 Å². The van der Waals surface area contributed by atoms with E-state index in [1.807, 2.05) is 48.5 Å². The lowest BCUT2D eigenvalue weighted by Gasteiger charge is -2.11. The van der Waals surface area contributed by atoms with Crippen LogP contribution in [0.2, 0.25) is 0 Å². The van der Waals surface area contributed by atoms with Crippen molar-refractivity contribution in [2.75, 3.05) is 16.4 Å². The number of aromatic nitrogens is 4. The molecule has 9 heteroatoms. The SMILES string of the molecule is O=C(CSc1ncnc2c1cnn2-c1ccccc1)Nc1ccccc1C(=O)Nc1ccccc1. The summed E-state index contributed by atoms with van der Waals surface area (Å²) < 4.78 is 1.74. The van der Waals surface area contributed by atoms with Crippen molar-refractivity contribution in [3.8, 4) is 5.69 Å². The molecular weight excluding hydrogens is 460 g/mol. The monoisotopic (exact) mass is 480 g/mol. The van der Waals surface area contributed by atoms with Crippen LogP contribution in [0, 0.1) is 0 Å². The average Bonchev–Trinajstić information content (AvgIpc) is 3.34. The first-order valence-electron chi connectivity index (χ1n) is 10.8. The molecule has 3 aromatic carbocycles. The zero-order valence-corrected chi connectivity index (χ0v) is 19.3. The molecule has 2 amide bonds. The number of fused-ring (bicyclic) bond motifs is 1. The van der Waals surface area contributed by atoms with Crippen molar-refractivity contribution in [2.45, 2.75) is 5.03 Å². The van der Waals surface area contributed by atoms with Crippen LogP contribution in [0.5, 0.6) is 0 Å². The first-order chi connectivity index (χ1) is 17.2. The van der Waals surface area contributed by atoms with Crippen LogP contribution in [0.1, 0.15) is 10.4 Å². The second-order valence-corrected chi connectivity index (χ2v) is 8.47. The number of para-hydroxylation sites is 3. The number of anilines is 2. The summed E-state index contributed by atoms with van der Waals surface area (Å²) in [6, 6.07) is 25.8. The van der Waals surface area contributed by atoms with Crippen LogP contribution < -0.4 is 10.6 Å². The van der Waals surface area contributed by atoms with Crippen molar-refractivity contribution >= 4 is 46.0 Å². The van der Waals surface area contributed by atoms with E-state index in [0.29, 0.717) is 27.6 Å². The van der Waals surface area contributed by atoms with Crippen LogP contribution in [-0.4, -0.2) is 37.3 Å². The Morgan fingerprint density at radius 1 is 0.829 bits per heavy atom. The largest absolute Gasteiger partial charge is 0.325 e. The van der Waals surface area contributed by atoms with Crippen LogP contribution in [-0.2, 0) is 4.79 Å². The summed E-state index contributed by atoms with van der Waals surface area (Å²) in [5.41, 5.74) is 3.05. The van der Waals surface area contributed by atoms with Gasteiger partial charge in [0.15, 0.2) is 5.65 Å². The molecule has 172 valence electrons. The summed E-state index contributed by atoms with van der Waals surface area (Å²) in [4.78, 5) is 34.2. The lowest BCUT2D eigenvalue weighted by molar-refractivity contribution is -0.113. The molecule has 2 aromatic heterocycles. The molecule has 0 bridgehead atoms. The van der Waals surface area contributed by atoms with Crippen molar-refractivity contribution in [3.05, 3.63) is 103 Å². The number of carbonyl (C=O) groups is 2. The molecule has 0 spiro atoms. The number of nitrogens with zero attached hydrogens (tertiary/aromatic N) is 4. The average molecular weight is 481 g/mol. The maximum atomic E-state index is 12.8. The van der Waals surface area contributed by atoms with E-state index in [9.17, 15) is 9.59 Å². The highest BCUT2D eigenvalue weighted by atomic mass is 32.2. The number of hydrogen-bond donors (Lipinski definition) is 2. The Morgan fingerprint density at radius 3 is 2.34 bits per heavy atom. The zero-order chi connectivity index (χ0) is 24.0. The number of rotatable bonds is 7. The van der Waals surface area contributed by atoms with E-state index in [1.165, 1.54) is 18.1 Å². The fourth-order valence-electron chi connectivity index (χ4n) is 3.53. The van der Waals surface area contributed by atoms with Crippen LogP contribution in [0.25, 0.3) is 16.7 Å². The van der Waals surface area contributed by atoms with Gasteiger partial charge in [0.2, 0.25) is 5.91 Å². The van der Waals surface area contributed by atoms with Crippen molar-refractivity contribution < 1.29 is 9.59 Å². The standard InChI is InChI=1S/C26H20N6O2S/c33-23(31-22-14-8-7-13-20(22)25(34)30-18-9-3-1-4-10-18)16-35-26-21-15-29-32(24(21)27-17-28-26)19-11-5-2-6-12-19/h1-15,17H,16H2,(H,30,34)(H,31,33). The molecule has 5 rings (SSSR count). The van der Waals surface area contributed by atoms with Crippen LogP contribution >= 0.6 is 11.8 Å². The molecule has 5 aromatic rings. The number of carbonyl (C=O) groups excluding carboxylic acids is 2. The summed E-state index contributed by atoms with van der Waals surface area (Å²) in [5.74, 6) is -0.445. The Labute approximate surface area is 205 Å². The molecule has 0 radical (unpaired) electrons. The fraction of sp³-hybridized carbons (Fsp3) is 0.0385. The summed E-state index contributed by atoms with van der Waals surface area (Å²) >= 11 is 1.29. The van der Waals surface area contributed by atoms with Crippen LogP contribution in [0.4, 0.5) is 11.4 Å². The third-order valence-corrected chi connectivity index (χ3v) is 6.15. The predicted octanol–water partition coefficient (Wildman–Crippen LogP) is 4.80. The molecule has 2 heterocycles. The Balaban J connectivity index is 1.28. The molecule has 2 N–H and O–H groups in total. The van der Waals surface area contributed by atoms with Gasteiger partial charge in [-0.3, -0.25) is 9.59 Å². The van der Waals surface area contributed by atoms with Gasteiger partial charge in [0.1, 0.15) is 11.4 Å². The second-order valence-electron chi connectivity index (χ2n) is 7.51. The second kappa shape index (κ2) is 10.2. The number of thioether (sulfide) groups is 1. The normalized spacial score (nSPS) is 10.7. The van der Waals surface area contributed by atoms with Crippen LogP contribution in [0.15, 0.2) is 102 Å². The van der Waals surface area contributed by atoms with E-state index in [4.69, 9.17) is 0 Å². The minimum atomic E-state index is -0.300. The quantitative estimate of drug-likeness (QED) is 0.256. The van der Waals surface area contributed by atoms with Gasteiger partial charge in [-0.05, 0) is 36.4 Å². The summed E-state index contributed by atoms with van der Waals surface area (Å²) in [5, 5.41) is 11.5. The topological polar surface area (TPSA) is 102 Å². The van der Waals surface area contributed by atoms with E-state index in [1.54, 1.807) is 47.3 Å². The minimum Gasteiger partial charge on any atom is -0.325 e. The van der Waals surface area contributed by atoms with Crippen molar-refractivity contribution in [3.63, 3.8) is 0 Å². The third-order valence-electron chi connectivity index (χ3n) is 5.15. The summed E-state index contributed by atoms with van der Waals surface area (Å²) in [7, 11) is 0. The molecule has 0 aliphatic carbocycles. The van der Waals surface area contributed by atoms with Gasteiger partial charge >= 0.3 is 0 Å². The Bertz CT molecular complexity index is 1490. The molecule has 8 nitrogen and oxygen atoms in total. The maximum Gasteiger partial charge on any atom is 0.257 e. The first-order valence-corrected chi connectivity index (χ1v) is 11.8. The van der Waals surface area contributed by atoms with Gasteiger partial charge in [0.25, 0.3) is 5.91 Å². The summed E-state index contributed by atoms with van der Waals surface area (Å²) in [6.07, 6.45) is 3.17. The van der Waals surface area contributed by atoms with E-state index in [2.05, 4.69) is 25.7 Å². The van der Waals surface area contributed by atoms with Gasteiger partial charge in [-0.1, -0.05) is 60.3 Å². The molecule has 0 saturated heterocycles. The summed E-state index contributed by atoms with van der Waals surface area (Å²) in [6.45, 7) is 0. The highest BCUT2D eigenvalue weighted by Gasteiger charge is 2.16. The smallest absolute Gasteiger partial charge is 0.257 e. The van der Waals surface area contributed by atoms with E-state index < -0.39 is 0 Å². The predicted molar refractivity (Wildman–Crippen MR) is 137 cm³/mol. The van der Waals surface area contributed by atoms with Crippen molar-refractivity contribution in [2.24, 2.45) is 0 Å². The van der Waals surface area contributed by atoms with E-state index in [-0.39, 0.29) is 17.6 Å². The molecule has 0 fully saturated rings. The number of benzene rings is 3. The molecule has 0 aliphatic rings. The number of amides is 2. The molecule has 0 aliphatic heterocycles. The van der Waals surface area contributed by atoms with Gasteiger partial charge in [-0.25, -0.2) is 14.6 Å². The van der Waals surface area contributed by atoms with Gasteiger partial charge in [-0.2, -0.15) is 5.10 Å². The fourth-order valence-corrected chi connectivity index (χ4v) is 4.29. The highest BCUT2D eigenvalue weighted by molar-refractivity contribution is 8.00. The zero-order valence-electron chi connectivity index (χ0n) is 18.5. The molecular formula is C26H20N6O2S. The lowest BCUT2D eigenvalue weighted by Crippen LogP contribution is -2.19. The van der Waals surface area contributed by atoms with Gasteiger partial charge < -0.3 is 10.6 Å². The van der Waals surface area contributed by atoms with Crippen molar-refractivity contribution in [1.82, 2.24) is 19.7 Å². The number of nitrogens with one attached hydrogen (secondary N) is 2. The Kier molecular flexibility index (Phi) is 6.49. The number of hydrogen-bond acceptors (Lipinski definition) is 6. The molecule has 0 atom stereocenters. The van der Waals surface area contributed by atoms with Gasteiger partial charge in [-0.15, -0.1) is 0 Å². The third kappa shape index (κ3) is 5.04. The van der Waals surface area contributed by atoms with E-state index >= 15 is 0 Å². The maximum absolute atomic E-state index is 12.8. The lowest BCUT2D eigenvalue weighted by atomic mass is 10.1. The molecule has 0 unspecified atom stereocenters. The minimum absolute atomic E-state index is 0.108. The first kappa shape index (κ1) is 22.3. The van der Waals surface area contributed by atoms with Crippen LogP contribution in [0.3, 0.4) is 0 Å². The van der Waals surface area contributed by atoms with Crippen molar-refractivity contribution in [1.29, 1.82) is 0 Å².